The Balaban J connectivity index is 2.19. The van der Waals surface area contributed by atoms with Crippen molar-refractivity contribution in [1.29, 1.82) is 0 Å². The summed E-state index contributed by atoms with van der Waals surface area (Å²) in [6.07, 6.45) is 2.81. The van der Waals surface area contributed by atoms with E-state index in [0.29, 0.717) is 30.7 Å². The summed E-state index contributed by atoms with van der Waals surface area (Å²) in [6.45, 7) is 4.13. The summed E-state index contributed by atoms with van der Waals surface area (Å²) in [6, 6.07) is 0. The maximum Gasteiger partial charge on any atom is 0.230 e. The molecule has 7 heteroatoms. The van der Waals surface area contributed by atoms with Gasteiger partial charge < -0.3 is 15.1 Å². The lowest BCUT2D eigenvalue weighted by Crippen LogP contribution is -2.27. The van der Waals surface area contributed by atoms with Crippen LogP contribution in [0.15, 0.2) is 0 Å². The van der Waals surface area contributed by atoms with Gasteiger partial charge in [0.1, 0.15) is 0 Å². The molecule has 0 radical (unpaired) electrons. The van der Waals surface area contributed by atoms with Gasteiger partial charge in [-0.2, -0.15) is 15.0 Å². The summed E-state index contributed by atoms with van der Waals surface area (Å²) in [5.74, 6) is 1.94. The lowest BCUT2D eigenvalue weighted by atomic mass is 10.4. The topological polar surface area (TPSA) is 74.2 Å². The Morgan fingerprint density at radius 1 is 1.25 bits per heavy atom. The molecular formula is C13H22N6O. The first-order valence-electron chi connectivity index (χ1n) is 7.04. The number of hydrogen-bond acceptors (Lipinski definition) is 6. The fourth-order valence-corrected chi connectivity index (χ4v) is 2.04. The van der Waals surface area contributed by atoms with Crippen molar-refractivity contribution in [2.75, 3.05) is 37.0 Å². The number of carbonyl (C=O) groups is 1. The Bertz CT molecular complexity index is 470. The van der Waals surface area contributed by atoms with Crippen LogP contribution >= 0.6 is 0 Å². The van der Waals surface area contributed by atoms with E-state index in [1.54, 1.807) is 0 Å². The third-order valence-corrected chi connectivity index (χ3v) is 3.21. The predicted octanol–water partition coefficient (Wildman–Crippen LogP) is 0.564. The summed E-state index contributed by atoms with van der Waals surface area (Å²) in [5, 5.41) is 2.80. The molecule has 0 atom stereocenters. The average Bonchev–Trinajstić information content (AvgIpc) is 2.98. The molecule has 2 rings (SSSR count). The highest BCUT2D eigenvalue weighted by molar-refractivity contribution is 5.75. The van der Waals surface area contributed by atoms with Gasteiger partial charge in [-0.3, -0.25) is 4.79 Å². The third kappa shape index (κ3) is 3.55. The van der Waals surface area contributed by atoms with Crippen LogP contribution in [-0.4, -0.2) is 48.0 Å². The Morgan fingerprint density at radius 2 is 1.95 bits per heavy atom. The monoisotopic (exact) mass is 278 g/mol. The second-order valence-electron chi connectivity index (χ2n) is 5.07. The lowest BCUT2D eigenvalue weighted by molar-refractivity contribution is -0.120. The number of rotatable bonds is 5. The van der Waals surface area contributed by atoms with Crippen molar-refractivity contribution >= 4 is 17.8 Å². The molecule has 1 aromatic rings. The molecule has 20 heavy (non-hydrogen) atoms. The number of nitrogens with zero attached hydrogens (tertiary/aromatic N) is 5. The summed E-state index contributed by atoms with van der Waals surface area (Å²) in [5.41, 5.74) is 0. The van der Waals surface area contributed by atoms with Gasteiger partial charge in [0.25, 0.3) is 0 Å². The highest BCUT2D eigenvalue weighted by atomic mass is 16.1. The van der Waals surface area contributed by atoms with E-state index in [9.17, 15) is 4.79 Å². The smallest absolute Gasteiger partial charge is 0.230 e. The van der Waals surface area contributed by atoms with Gasteiger partial charge >= 0.3 is 0 Å². The van der Waals surface area contributed by atoms with E-state index in [4.69, 9.17) is 0 Å². The van der Waals surface area contributed by atoms with Crippen molar-refractivity contribution in [3.05, 3.63) is 5.82 Å². The SMILES string of the molecule is CCC(=O)NCc1nc(N(C)C)nc(N2CCCC2)n1. The summed E-state index contributed by atoms with van der Waals surface area (Å²) in [4.78, 5) is 28.7. The Kier molecular flexibility index (Phi) is 4.70. The first-order valence-corrected chi connectivity index (χ1v) is 7.04. The van der Waals surface area contributed by atoms with Crippen molar-refractivity contribution in [1.82, 2.24) is 20.3 Å². The van der Waals surface area contributed by atoms with Gasteiger partial charge in [0, 0.05) is 33.6 Å². The van der Waals surface area contributed by atoms with Gasteiger partial charge in [0.15, 0.2) is 5.82 Å². The number of amides is 1. The first-order chi connectivity index (χ1) is 9.60. The largest absolute Gasteiger partial charge is 0.349 e. The molecule has 1 N–H and O–H groups in total. The molecule has 1 saturated heterocycles. The zero-order chi connectivity index (χ0) is 14.5. The molecule has 0 aromatic carbocycles. The molecule has 2 heterocycles. The molecule has 0 spiro atoms. The Labute approximate surface area is 119 Å². The minimum atomic E-state index is -0.000428. The van der Waals surface area contributed by atoms with Crippen molar-refractivity contribution in [3.63, 3.8) is 0 Å². The number of nitrogens with one attached hydrogen (secondary N) is 1. The summed E-state index contributed by atoms with van der Waals surface area (Å²) in [7, 11) is 3.80. The molecule has 0 bridgehead atoms. The van der Waals surface area contributed by atoms with Gasteiger partial charge in [0.05, 0.1) is 6.54 Å². The van der Waals surface area contributed by atoms with Crippen LogP contribution in [-0.2, 0) is 11.3 Å². The fourth-order valence-electron chi connectivity index (χ4n) is 2.04. The minimum Gasteiger partial charge on any atom is -0.349 e. The van der Waals surface area contributed by atoms with Gasteiger partial charge in [-0.05, 0) is 12.8 Å². The predicted molar refractivity (Wildman–Crippen MR) is 77.7 cm³/mol. The molecule has 110 valence electrons. The van der Waals surface area contributed by atoms with Crippen LogP contribution in [0.1, 0.15) is 32.0 Å². The molecule has 1 aliphatic rings. The standard InChI is InChI=1S/C13H22N6O/c1-4-11(20)14-9-10-15-12(18(2)3)17-13(16-10)19-7-5-6-8-19/h4-9H2,1-3H3,(H,14,20). The third-order valence-electron chi connectivity index (χ3n) is 3.21. The normalized spacial score (nSPS) is 14.4. The Hall–Kier alpha value is -1.92. The number of aromatic nitrogens is 3. The molecule has 1 amide bonds. The number of hydrogen-bond donors (Lipinski definition) is 1. The zero-order valence-electron chi connectivity index (χ0n) is 12.4. The molecule has 1 fully saturated rings. The van der Waals surface area contributed by atoms with Gasteiger partial charge in [-0.25, -0.2) is 0 Å². The van der Waals surface area contributed by atoms with Crippen LogP contribution in [0.2, 0.25) is 0 Å². The van der Waals surface area contributed by atoms with E-state index < -0.39 is 0 Å². The van der Waals surface area contributed by atoms with E-state index >= 15 is 0 Å². The summed E-state index contributed by atoms with van der Waals surface area (Å²) >= 11 is 0. The quantitative estimate of drug-likeness (QED) is 0.848. The minimum absolute atomic E-state index is 0.000428. The first kappa shape index (κ1) is 14.5. The van der Waals surface area contributed by atoms with Crippen molar-refractivity contribution < 1.29 is 4.79 Å². The van der Waals surface area contributed by atoms with Crippen LogP contribution in [0, 0.1) is 0 Å². The van der Waals surface area contributed by atoms with Crippen LogP contribution in [0.25, 0.3) is 0 Å². The van der Waals surface area contributed by atoms with Gasteiger partial charge in [-0.15, -0.1) is 0 Å². The Morgan fingerprint density at radius 3 is 2.55 bits per heavy atom. The van der Waals surface area contributed by atoms with E-state index in [2.05, 4.69) is 25.2 Å². The molecule has 0 aliphatic carbocycles. The van der Waals surface area contributed by atoms with Crippen LogP contribution in [0.3, 0.4) is 0 Å². The van der Waals surface area contributed by atoms with Crippen molar-refractivity contribution in [3.8, 4) is 0 Å². The van der Waals surface area contributed by atoms with Crippen LogP contribution in [0.5, 0.6) is 0 Å². The molecule has 0 unspecified atom stereocenters. The molecule has 1 aromatic heterocycles. The van der Waals surface area contributed by atoms with Crippen LogP contribution in [0.4, 0.5) is 11.9 Å². The van der Waals surface area contributed by atoms with Gasteiger partial charge in [-0.1, -0.05) is 6.92 Å². The average molecular weight is 278 g/mol. The zero-order valence-corrected chi connectivity index (χ0v) is 12.4. The van der Waals surface area contributed by atoms with E-state index in [1.807, 2.05) is 25.9 Å². The summed E-state index contributed by atoms with van der Waals surface area (Å²) < 4.78 is 0. The van der Waals surface area contributed by atoms with Crippen molar-refractivity contribution in [2.45, 2.75) is 32.7 Å². The van der Waals surface area contributed by atoms with Crippen LogP contribution < -0.4 is 15.1 Å². The molecule has 1 aliphatic heterocycles. The maximum absolute atomic E-state index is 11.3. The molecule has 7 nitrogen and oxygen atoms in total. The second-order valence-corrected chi connectivity index (χ2v) is 5.07. The van der Waals surface area contributed by atoms with E-state index in [0.717, 1.165) is 13.1 Å². The number of anilines is 2. The molecular weight excluding hydrogens is 256 g/mol. The van der Waals surface area contributed by atoms with E-state index in [-0.39, 0.29) is 5.91 Å². The number of carbonyl (C=O) groups excluding carboxylic acids is 1. The maximum atomic E-state index is 11.3. The highest BCUT2D eigenvalue weighted by Crippen LogP contribution is 2.17. The second kappa shape index (κ2) is 6.49. The highest BCUT2D eigenvalue weighted by Gasteiger charge is 2.18. The fraction of sp³-hybridized carbons (Fsp3) is 0.692. The van der Waals surface area contributed by atoms with E-state index in [1.165, 1.54) is 12.8 Å². The van der Waals surface area contributed by atoms with Crippen molar-refractivity contribution in [2.24, 2.45) is 0 Å². The lowest BCUT2D eigenvalue weighted by Gasteiger charge is -2.18. The molecule has 0 saturated carbocycles. The van der Waals surface area contributed by atoms with Gasteiger partial charge in [0.2, 0.25) is 17.8 Å².